The number of likely N-dealkylation sites (tertiary alicyclic amines) is 1. The number of carbonyl (C=O) groups excluding carboxylic acids is 1. The van der Waals surface area contributed by atoms with Crippen LogP contribution in [0.3, 0.4) is 0 Å². The van der Waals surface area contributed by atoms with Crippen molar-refractivity contribution in [3.8, 4) is 5.75 Å². The summed E-state index contributed by atoms with van der Waals surface area (Å²) in [7, 11) is 1.70. The summed E-state index contributed by atoms with van der Waals surface area (Å²) in [4.78, 5) is 15.3. The van der Waals surface area contributed by atoms with Crippen molar-refractivity contribution in [1.29, 1.82) is 0 Å². The number of hydrogen-bond donors (Lipinski definition) is 1. The lowest BCUT2D eigenvalue weighted by molar-refractivity contribution is 0.0937. The Hall–Kier alpha value is -2.33. The number of nitrogens with zero attached hydrogens (tertiary/aromatic N) is 1. The lowest BCUT2D eigenvalue weighted by Gasteiger charge is -2.28. The third-order valence-electron chi connectivity index (χ3n) is 6.13. The quantitative estimate of drug-likeness (QED) is 0.821. The maximum absolute atomic E-state index is 12.8. The molecule has 1 saturated heterocycles. The maximum atomic E-state index is 12.8. The van der Waals surface area contributed by atoms with Crippen molar-refractivity contribution in [2.24, 2.45) is 0 Å². The van der Waals surface area contributed by atoms with E-state index in [2.05, 4.69) is 34.5 Å². The molecule has 148 valence electrons. The molecule has 2 aromatic rings. The molecule has 2 aromatic carbocycles. The van der Waals surface area contributed by atoms with Crippen molar-refractivity contribution in [1.82, 2.24) is 10.2 Å². The van der Waals surface area contributed by atoms with E-state index in [0.717, 1.165) is 37.2 Å². The number of nitrogens with one attached hydrogen (secondary N) is 1. The Morgan fingerprint density at radius 3 is 2.61 bits per heavy atom. The lowest BCUT2D eigenvalue weighted by Crippen LogP contribution is -2.36. The van der Waals surface area contributed by atoms with Gasteiger partial charge in [0.1, 0.15) is 5.75 Å². The van der Waals surface area contributed by atoms with E-state index in [1.807, 2.05) is 18.2 Å². The molecule has 4 rings (SSSR count). The van der Waals surface area contributed by atoms with Gasteiger partial charge in [0.15, 0.2) is 0 Å². The number of amides is 1. The highest BCUT2D eigenvalue weighted by Gasteiger charge is 2.24. The second-order valence-corrected chi connectivity index (χ2v) is 7.94. The van der Waals surface area contributed by atoms with Gasteiger partial charge in [-0.3, -0.25) is 9.69 Å². The van der Waals surface area contributed by atoms with Crippen LogP contribution in [0.4, 0.5) is 0 Å². The van der Waals surface area contributed by atoms with Gasteiger partial charge in [0.05, 0.1) is 13.2 Å². The summed E-state index contributed by atoms with van der Waals surface area (Å²) in [6.07, 6.45) is 7.17. The third kappa shape index (κ3) is 4.22. The second kappa shape index (κ2) is 8.78. The normalized spacial score (nSPS) is 17.8. The Morgan fingerprint density at radius 2 is 1.82 bits per heavy atom. The van der Waals surface area contributed by atoms with E-state index in [-0.39, 0.29) is 11.9 Å². The number of fused-ring (bicyclic) bond motifs is 1. The minimum atomic E-state index is 0.0282. The number of ether oxygens (including phenoxy) is 1. The van der Waals surface area contributed by atoms with Crippen LogP contribution in [0.5, 0.6) is 5.75 Å². The summed E-state index contributed by atoms with van der Waals surface area (Å²) < 4.78 is 5.41. The first-order valence-electron chi connectivity index (χ1n) is 10.5. The molecule has 1 N–H and O–H groups in total. The standard InChI is InChI=1S/C24H30N2O2/c1-28-22-10-6-9-20(16-22)23(26-13-4-5-14-26)17-25-24(27)21-12-11-18-7-2-3-8-19(18)15-21/h6,9-12,15-16,23H,2-5,7-8,13-14,17H2,1H3,(H,25,27). The van der Waals surface area contributed by atoms with Gasteiger partial charge < -0.3 is 10.1 Å². The third-order valence-corrected chi connectivity index (χ3v) is 6.13. The summed E-state index contributed by atoms with van der Waals surface area (Å²) in [6.45, 7) is 2.77. The average Bonchev–Trinajstić information content (AvgIpc) is 3.28. The van der Waals surface area contributed by atoms with E-state index in [1.165, 1.54) is 42.4 Å². The van der Waals surface area contributed by atoms with Crippen molar-refractivity contribution >= 4 is 5.91 Å². The summed E-state index contributed by atoms with van der Waals surface area (Å²) >= 11 is 0. The largest absolute Gasteiger partial charge is 0.497 e. The molecule has 28 heavy (non-hydrogen) atoms. The van der Waals surface area contributed by atoms with E-state index in [1.54, 1.807) is 7.11 Å². The molecule has 0 spiro atoms. The summed E-state index contributed by atoms with van der Waals surface area (Å²) in [5.41, 5.74) is 4.75. The van der Waals surface area contributed by atoms with Crippen LogP contribution in [0.25, 0.3) is 0 Å². The molecule has 1 heterocycles. The maximum Gasteiger partial charge on any atom is 0.251 e. The van der Waals surface area contributed by atoms with Gasteiger partial charge in [-0.25, -0.2) is 0 Å². The predicted molar refractivity (Wildman–Crippen MR) is 112 cm³/mol. The van der Waals surface area contributed by atoms with Crippen LogP contribution in [-0.4, -0.2) is 37.6 Å². The summed E-state index contributed by atoms with van der Waals surface area (Å²) in [5, 5.41) is 3.20. The fraction of sp³-hybridized carbons (Fsp3) is 0.458. The highest BCUT2D eigenvalue weighted by Crippen LogP contribution is 2.27. The summed E-state index contributed by atoms with van der Waals surface area (Å²) in [6, 6.07) is 14.6. The van der Waals surface area contributed by atoms with E-state index in [0.29, 0.717) is 6.54 Å². The number of methoxy groups -OCH3 is 1. The SMILES string of the molecule is COc1cccc(C(CNC(=O)c2ccc3c(c2)CCCC3)N2CCCC2)c1. The zero-order chi connectivity index (χ0) is 19.3. The Labute approximate surface area is 167 Å². The number of aryl methyl sites for hydroxylation is 2. The molecule has 1 amide bonds. The van der Waals surface area contributed by atoms with Crippen molar-refractivity contribution in [3.05, 3.63) is 64.7 Å². The first-order valence-corrected chi connectivity index (χ1v) is 10.5. The molecule has 2 aliphatic rings. The number of hydrogen-bond acceptors (Lipinski definition) is 3. The smallest absolute Gasteiger partial charge is 0.251 e. The van der Waals surface area contributed by atoms with E-state index < -0.39 is 0 Å². The van der Waals surface area contributed by atoms with Crippen molar-refractivity contribution < 1.29 is 9.53 Å². The first-order chi connectivity index (χ1) is 13.7. The fourth-order valence-electron chi connectivity index (χ4n) is 4.53. The minimum absolute atomic E-state index is 0.0282. The molecule has 1 aliphatic carbocycles. The van der Waals surface area contributed by atoms with Crippen LogP contribution in [0, 0.1) is 0 Å². The van der Waals surface area contributed by atoms with Crippen molar-refractivity contribution in [3.63, 3.8) is 0 Å². The molecular weight excluding hydrogens is 348 g/mol. The molecule has 1 fully saturated rings. The van der Waals surface area contributed by atoms with Crippen LogP contribution < -0.4 is 10.1 Å². The summed E-state index contributed by atoms with van der Waals surface area (Å²) in [5.74, 6) is 0.892. The van der Waals surface area contributed by atoms with Gasteiger partial charge in [0, 0.05) is 12.1 Å². The molecule has 0 bridgehead atoms. The first kappa shape index (κ1) is 19.0. The molecule has 1 atom stereocenters. The minimum Gasteiger partial charge on any atom is -0.497 e. The molecule has 4 heteroatoms. The van der Waals surface area contributed by atoms with Crippen LogP contribution in [0.2, 0.25) is 0 Å². The molecule has 4 nitrogen and oxygen atoms in total. The van der Waals surface area contributed by atoms with Crippen LogP contribution in [0.1, 0.15) is 58.8 Å². The van der Waals surface area contributed by atoms with Gasteiger partial charge in [0.25, 0.3) is 5.91 Å². The number of rotatable bonds is 6. The highest BCUT2D eigenvalue weighted by molar-refractivity contribution is 5.94. The van der Waals surface area contributed by atoms with Crippen LogP contribution in [-0.2, 0) is 12.8 Å². The molecule has 1 unspecified atom stereocenters. The molecule has 0 radical (unpaired) electrons. The number of benzene rings is 2. The van der Waals surface area contributed by atoms with Gasteiger partial charge in [-0.2, -0.15) is 0 Å². The monoisotopic (exact) mass is 378 g/mol. The Morgan fingerprint density at radius 1 is 1.04 bits per heavy atom. The van der Waals surface area contributed by atoms with Crippen molar-refractivity contribution in [2.75, 3.05) is 26.7 Å². The van der Waals surface area contributed by atoms with Gasteiger partial charge in [-0.05, 0) is 92.6 Å². The second-order valence-electron chi connectivity index (χ2n) is 7.94. The Bertz CT molecular complexity index is 827. The molecule has 1 aliphatic heterocycles. The molecule has 0 aromatic heterocycles. The molecular formula is C24H30N2O2. The van der Waals surface area contributed by atoms with Gasteiger partial charge in [0.2, 0.25) is 0 Å². The Balaban J connectivity index is 1.48. The van der Waals surface area contributed by atoms with Gasteiger partial charge >= 0.3 is 0 Å². The number of carbonyl (C=O) groups is 1. The predicted octanol–water partition coefficient (Wildman–Crippen LogP) is 4.14. The lowest BCUT2D eigenvalue weighted by atomic mass is 9.90. The van der Waals surface area contributed by atoms with Crippen LogP contribution >= 0.6 is 0 Å². The van der Waals surface area contributed by atoms with Crippen LogP contribution in [0.15, 0.2) is 42.5 Å². The highest BCUT2D eigenvalue weighted by atomic mass is 16.5. The van der Waals surface area contributed by atoms with E-state index in [4.69, 9.17) is 4.74 Å². The van der Waals surface area contributed by atoms with Gasteiger partial charge in [-0.15, -0.1) is 0 Å². The zero-order valence-electron chi connectivity index (χ0n) is 16.7. The van der Waals surface area contributed by atoms with E-state index >= 15 is 0 Å². The van der Waals surface area contributed by atoms with Gasteiger partial charge in [-0.1, -0.05) is 18.2 Å². The van der Waals surface area contributed by atoms with Crippen molar-refractivity contribution in [2.45, 2.75) is 44.6 Å². The van der Waals surface area contributed by atoms with E-state index in [9.17, 15) is 4.79 Å². The molecule has 0 saturated carbocycles. The topological polar surface area (TPSA) is 41.6 Å². The fourth-order valence-corrected chi connectivity index (χ4v) is 4.53. The zero-order valence-corrected chi connectivity index (χ0v) is 16.7. The Kier molecular flexibility index (Phi) is 5.96. The average molecular weight is 379 g/mol.